The first-order chi connectivity index (χ1) is 14.0. The third-order valence-corrected chi connectivity index (χ3v) is 4.45. The van der Waals surface area contributed by atoms with Crippen LogP contribution in [0.2, 0.25) is 5.02 Å². The first kappa shape index (κ1) is 20.5. The number of halogens is 1. The molecule has 1 amide bonds. The third kappa shape index (κ3) is 5.20. The topological polar surface area (TPSA) is 83.1 Å². The van der Waals surface area contributed by atoms with Crippen LogP contribution >= 0.6 is 11.6 Å². The molecule has 0 spiro atoms. The van der Waals surface area contributed by atoms with Gasteiger partial charge in [-0.1, -0.05) is 17.7 Å². The lowest BCUT2D eigenvalue weighted by molar-refractivity contribution is -0.145. The van der Waals surface area contributed by atoms with Gasteiger partial charge in [-0.3, -0.25) is 4.79 Å². The number of carbonyl (C=O) groups excluding carboxylic acids is 2. The SMILES string of the molecule is COc1ccc(CNC(=O)COC(=O)C2=Cc3cc(Cl)ccc3OC2)cc1OC. The highest BCUT2D eigenvalue weighted by atomic mass is 35.5. The molecule has 3 rings (SSSR count). The van der Waals surface area contributed by atoms with Crippen molar-refractivity contribution >= 4 is 29.6 Å². The molecule has 1 aliphatic heterocycles. The minimum absolute atomic E-state index is 0.0702. The molecule has 0 aromatic heterocycles. The van der Waals surface area contributed by atoms with Crippen molar-refractivity contribution in [2.24, 2.45) is 0 Å². The molecule has 0 unspecified atom stereocenters. The lowest BCUT2D eigenvalue weighted by Crippen LogP contribution is -2.29. The molecule has 1 heterocycles. The second kappa shape index (κ2) is 9.34. The van der Waals surface area contributed by atoms with Crippen molar-refractivity contribution in [1.29, 1.82) is 0 Å². The van der Waals surface area contributed by atoms with Crippen LogP contribution < -0.4 is 19.5 Å². The highest BCUT2D eigenvalue weighted by molar-refractivity contribution is 6.30. The summed E-state index contributed by atoms with van der Waals surface area (Å²) in [6.45, 7) is -0.0684. The zero-order chi connectivity index (χ0) is 20.8. The van der Waals surface area contributed by atoms with E-state index in [0.29, 0.717) is 33.4 Å². The Kier molecular flexibility index (Phi) is 6.61. The van der Waals surface area contributed by atoms with Gasteiger partial charge in [0, 0.05) is 17.1 Å². The second-order valence-electron chi connectivity index (χ2n) is 6.18. The average molecular weight is 418 g/mol. The van der Waals surface area contributed by atoms with Gasteiger partial charge in [-0.15, -0.1) is 0 Å². The van der Waals surface area contributed by atoms with Crippen molar-refractivity contribution in [2.45, 2.75) is 6.54 Å². The average Bonchev–Trinajstić information content (AvgIpc) is 2.75. The zero-order valence-electron chi connectivity index (χ0n) is 16.0. The van der Waals surface area contributed by atoms with Crippen molar-refractivity contribution in [2.75, 3.05) is 27.4 Å². The Bertz CT molecular complexity index is 956. The van der Waals surface area contributed by atoms with Gasteiger partial charge in [0.25, 0.3) is 5.91 Å². The fourth-order valence-corrected chi connectivity index (χ4v) is 2.91. The fourth-order valence-electron chi connectivity index (χ4n) is 2.73. The number of rotatable bonds is 7. The number of esters is 1. The van der Waals surface area contributed by atoms with Crippen LogP contribution in [0.4, 0.5) is 0 Å². The summed E-state index contributed by atoms with van der Waals surface area (Å²) in [5, 5.41) is 3.22. The number of methoxy groups -OCH3 is 2. The Hall–Kier alpha value is -3.19. The largest absolute Gasteiger partial charge is 0.493 e. The van der Waals surface area contributed by atoms with Gasteiger partial charge in [0.1, 0.15) is 12.4 Å². The third-order valence-electron chi connectivity index (χ3n) is 4.22. The predicted molar refractivity (Wildman–Crippen MR) is 107 cm³/mol. The number of carbonyl (C=O) groups is 2. The number of hydrogen-bond acceptors (Lipinski definition) is 6. The van der Waals surface area contributed by atoms with Gasteiger partial charge in [0.15, 0.2) is 18.1 Å². The van der Waals surface area contributed by atoms with Gasteiger partial charge in [-0.25, -0.2) is 4.79 Å². The Morgan fingerprint density at radius 3 is 2.66 bits per heavy atom. The summed E-state index contributed by atoms with van der Waals surface area (Å²) >= 11 is 5.96. The van der Waals surface area contributed by atoms with E-state index in [0.717, 1.165) is 5.56 Å². The number of nitrogens with one attached hydrogen (secondary N) is 1. The molecular weight excluding hydrogens is 398 g/mol. The predicted octanol–water partition coefficient (Wildman–Crippen LogP) is 2.99. The molecule has 0 saturated carbocycles. The maximum absolute atomic E-state index is 12.2. The summed E-state index contributed by atoms with van der Waals surface area (Å²) < 4.78 is 21.0. The molecule has 1 N–H and O–H groups in total. The van der Waals surface area contributed by atoms with Crippen LogP contribution in [-0.4, -0.2) is 39.3 Å². The number of fused-ring (bicyclic) bond motifs is 1. The van der Waals surface area contributed by atoms with Crippen LogP contribution in [0.15, 0.2) is 42.0 Å². The fraction of sp³-hybridized carbons (Fsp3) is 0.238. The number of benzene rings is 2. The van der Waals surface area contributed by atoms with Gasteiger partial charge < -0.3 is 24.3 Å². The van der Waals surface area contributed by atoms with E-state index < -0.39 is 18.5 Å². The summed E-state index contributed by atoms with van der Waals surface area (Å²) in [7, 11) is 3.09. The molecule has 0 atom stereocenters. The first-order valence-electron chi connectivity index (χ1n) is 8.78. The summed E-state index contributed by atoms with van der Waals surface area (Å²) in [6, 6.07) is 10.5. The highest BCUT2D eigenvalue weighted by Gasteiger charge is 2.19. The van der Waals surface area contributed by atoms with Gasteiger partial charge in [-0.2, -0.15) is 0 Å². The number of amides is 1. The van der Waals surface area contributed by atoms with Gasteiger partial charge in [0.2, 0.25) is 0 Å². The van der Waals surface area contributed by atoms with Crippen LogP contribution in [-0.2, 0) is 20.9 Å². The van der Waals surface area contributed by atoms with Crippen LogP contribution in [0.5, 0.6) is 17.2 Å². The standard InChI is InChI=1S/C21H20ClNO6/c1-26-18-5-3-13(7-19(18)27-2)10-23-20(24)12-29-21(25)15-8-14-9-16(22)4-6-17(14)28-11-15/h3-9H,10-12H2,1-2H3,(H,23,24). The van der Waals surface area contributed by atoms with Crippen LogP contribution in [0.3, 0.4) is 0 Å². The Morgan fingerprint density at radius 2 is 1.90 bits per heavy atom. The second-order valence-corrected chi connectivity index (χ2v) is 6.62. The number of ether oxygens (including phenoxy) is 4. The van der Waals surface area contributed by atoms with Crippen LogP contribution in [0, 0.1) is 0 Å². The molecule has 0 aliphatic carbocycles. The molecule has 0 radical (unpaired) electrons. The van der Waals surface area contributed by atoms with Gasteiger partial charge >= 0.3 is 5.97 Å². The summed E-state index contributed by atoms with van der Waals surface area (Å²) in [6.07, 6.45) is 1.65. The minimum atomic E-state index is -0.614. The van der Waals surface area contributed by atoms with E-state index in [-0.39, 0.29) is 13.2 Å². The molecule has 1 aliphatic rings. The normalized spacial score (nSPS) is 12.2. The van der Waals surface area contributed by atoms with E-state index >= 15 is 0 Å². The zero-order valence-corrected chi connectivity index (χ0v) is 16.7. The highest BCUT2D eigenvalue weighted by Crippen LogP contribution is 2.29. The molecule has 0 fully saturated rings. The van der Waals surface area contributed by atoms with Crippen molar-refractivity contribution < 1.29 is 28.5 Å². The molecule has 0 saturated heterocycles. The molecule has 8 heteroatoms. The smallest absolute Gasteiger partial charge is 0.338 e. The van der Waals surface area contributed by atoms with Crippen molar-refractivity contribution in [3.8, 4) is 17.2 Å². The summed E-state index contributed by atoms with van der Waals surface area (Å²) in [5.74, 6) is 0.766. The molecule has 0 bridgehead atoms. The van der Waals surface area contributed by atoms with Crippen molar-refractivity contribution in [3.05, 3.63) is 58.1 Å². The maximum atomic E-state index is 12.2. The van der Waals surface area contributed by atoms with Gasteiger partial charge in [-0.05, 0) is 42.0 Å². The number of hydrogen-bond donors (Lipinski definition) is 1. The van der Waals surface area contributed by atoms with E-state index in [9.17, 15) is 9.59 Å². The molecule has 2 aromatic rings. The molecule has 152 valence electrons. The van der Waals surface area contributed by atoms with E-state index in [2.05, 4.69) is 5.32 Å². The monoisotopic (exact) mass is 417 g/mol. The van der Waals surface area contributed by atoms with Gasteiger partial charge in [0.05, 0.1) is 19.8 Å². The van der Waals surface area contributed by atoms with Crippen molar-refractivity contribution in [3.63, 3.8) is 0 Å². The Balaban J connectivity index is 1.51. The van der Waals surface area contributed by atoms with E-state index in [4.69, 9.17) is 30.5 Å². The Labute approximate surface area is 173 Å². The van der Waals surface area contributed by atoms with E-state index in [1.165, 1.54) is 7.11 Å². The Morgan fingerprint density at radius 1 is 1.10 bits per heavy atom. The lowest BCUT2D eigenvalue weighted by atomic mass is 10.1. The lowest BCUT2D eigenvalue weighted by Gasteiger charge is -2.17. The van der Waals surface area contributed by atoms with Crippen LogP contribution in [0.25, 0.3) is 6.08 Å². The molecule has 7 nitrogen and oxygen atoms in total. The quantitative estimate of drug-likeness (QED) is 0.697. The summed E-state index contributed by atoms with van der Waals surface area (Å²) in [4.78, 5) is 24.2. The summed E-state index contributed by atoms with van der Waals surface area (Å²) in [5.41, 5.74) is 1.82. The molecule has 29 heavy (non-hydrogen) atoms. The molecule has 2 aromatic carbocycles. The minimum Gasteiger partial charge on any atom is -0.493 e. The van der Waals surface area contributed by atoms with Crippen LogP contribution in [0.1, 0.15) is 11.1 Å². The van der Waals surface area contributed by atoms with Crippen molar-refractivity contribution in [1.82, 2.24) is 5.32 Å². The van der Waals surface area contributed by atoms with E-state index in [1.54, 1.807) is 49.6 Å². The van der Waals surface area contributed by atoms with E-state index in [1.807, 2.05) is 0 Å². The molecular formula is C21H20ClNO6. The first-order valence-corrected chi connectivity index (χ1v) is 9.15. The maximum Gasteiger partial charge on any atom is 0.338 e.